The van der Waals surface area contributed by atoms with Gasteiger partial charge in [-0.2, -0.15) is 17.2 Å². The van der Waals surface area contributed by atoms with Crippen LogP contribution in [-0.2, 0) is 105 Å². The third-order valence-corrected chi connectivity index (χ3v) is 31.5. The Kier molecular flexibility index (Phi) is 58.1. The van der Waals surface area contributed by atoms with Crippen molar-refractivity contribution < 1.29 is 113 Å². The van der Waals surface area contributed by atoms with Crippen molar-refractivity contribution in [3.05, 3.63) is 119 Å². The number of hydrogen-bond donors (Lipinski definition) is 8. The van der Waals surface area contributed by atoms with Crippen LogP contribution in [0.1, 0.15) is 358 Å². The minimum atomic E-state index is -3.68. The SMILES string of the molecule is CCCCCCCCCCCCc1ccc(S(=O)(=O)N2CCC[C@H]2C(O)O)cc1.CCCCCCCCCCCCc1ccc(S(=O)(=O)N2CCC[C@H]2C(O)O)cc1.CCCCCCCCCCCCc1ccc(S(=O)(=O)N2CCC[C@H]2C(O)O)cc1.CCCCCCCCCCCCc1ccc(S(=O)(=O)N2CCC[C@H]2C(O)O)cc1.[Rh].[Rh]. The zero-order chi connectivity index (χ0) is 84.5. The first-order chi connectivity index (χ1) is 55.9. The molecule has 682 valence electrons. The first-order valence-corrected chi connectivity index (χ1v) is 51.5. The van der Waals surface area contributed by atoms with Crippen molar-refractivity contribution in [2.24, 2.45) is 0 Å². The number of nitrogens with zero attached hydrogens (tertiary/aromatic N) is 4. The summed E-state index contributed by atoms with van der Waals surface area (Å²) in [6.07, 6.45) is 54.1. The Morgan fingerprint density at radius 1 is 0.237 bits per heavy atom. The van der Waals surface area contributed by atoms with Gasteiger partial charge in [0.1, 0.15) is 0 Å². The Morgan fingerprint density at radius 3 is 0.508 bits per heavy atom. The number of aliphatic hydroxyl groups is 8. The second-order valence-corrected chi connectivity index (χ2v) is 40.8. The van der Waals surface area contributed by atoms with Crippen LogP contribution in [0.15, 0.2) is 117 Å². The molecule has 8 N–H and O–H groups in total. The summed E-state index contributed by atoms with van der Waals surface area (Å²) in [6.45, 7) is 10.3. The summed E-state index contributed by atoms with van der Waals surface area (Å²) < 4.78 is 107. The van der Waals surface area contributed by atoms with Crippen LogP contribution in [0.2, 0.25) is 0 Å². The largest absolute Gasteiger partial charge is 0.367 e. The summed E-state index contributed by atoms with van der Waals surface area (Å²) in [4.78, 5) is 0.933. The Balaban J connectivity index is 0.000000404. The van der Waals surface area contributed by atoms with E-state index in [1.54, 1.807) is 48.5 Å². The smallest absolute Gasteiger partial charge is 0.243 e. The standard InChI is InChI=1S/4C23H39NO4S.2Rh/c4*1-2-3-4-5-6-7-8-9-10-11-13-20-15-17-21(18-16-20)29(27,28)24-19-12-14-22(24)23(25)26;;/h4*15-18,22-23,25-26H,2-14,19H2,1H3;;/t4*22-;;/m0000../s1. The summed E-state index contributed by atoms with van der Waals surface area (Å²) in [5.74, 6) is 0. The van der Waals surface area contributed by atoms with Crippen molar-refractivity contribution in [2.45, 2.75) is 430 Å². The maximum absolute atomic E-state index is 12.8. The molecular weight excluding hydrogens is 1750 g/mol. The molecule has 4 aromatic rings. The Bertz CT molecular complexity index is 3180. The quantitative estimate of drug-likeness (QED) is 0.0116. The molecule has 0 bridgehead atoms. The fourth-order valence-electron chi connectivity index (χ4n) is 16.6. The van der Waals surface area contributed by atoms with E-state index in [4.69, 9.17) is 0 Å². The Hall–Kier alpha value is -2.55. The normalized spacial score (nSPS) is 17.7. The number of rotatable bonds is 56. The van der Waals surface area contributed by atoms with Gasteiger partial charge in [-0.3, -0.25) is 0 Å². The van der Waals surface area contributed by atoms with Crippen LogP contribution in [0, 0.1) is 0 Å². The molecule has 0 saturated carbocycles. The molecule has 118 heavy (non-hydrogen) atoms. The van der Waals surface area contributed by atoms with Gasteiger partial charge in [-0.05, 0) is 174 Å². The monoisotopic (exact) mass is 1910 g/mol. The van der Waals surface area contributed by atoms with Crippen LogP contribution < -0.4 is 0 Å². The maximum atomic E-state index is 12.8. The summed E-state index contributed by atoms with van der Waals surface area (Å²) in [5.41, 5.74) is 4.62. The van der Waals surface area contributed by atoms with Gasteiger partial charge < -0.3 is 40.9 Å². The molecule has 4 atom stereocenters. The molecule has 20 nitrogen and oxygen atoms in total. The minimum Gasteiger partial charge on any atom is -0.367 e. The molecule has 4 aliphatic rings. The molecule has 0 spiro atoms. The van der Waals surface area contributed by atoms with Gasteiger partial charge in [0, 0.05) is 65.1 Å². The second-order valence-electron chi connectivity index (χ2n) is 33.3. The number of benzene rings is 4. The van der Waals surface area contributed by atoms with E-state index in [0.29, 0.717) is 77.5 Å². The molecule has 4 saturated heterocycles. The van der Waals surface area contributed by atoms with Gasteiger partial charge in [-0.15, -0.1) is 0 Å². The Labute approximate surface area is 741 Å². The molecule has 0 unspecified atom stereocenters. The van der Waals surface area contributed by atoms with Gasteiger partial charge in [-0.25, -0.2) is 33.7 Å². The van der Waals surface area contributed by atoms with E-state index in [-0.39, 0.29) is 58.5 Å². The van der Waals surface area contributed by atoms with Crippen molar-refractivity contribution in [3.8, 4) is 0 Å². The minimum absolute atomic E-state index is 0. The van der Waals surface area contributed by atoms with Crippen LogP contribution >= 0.6 is 0 Å². The zero-order valence-electron chi connectivity index (χ0n) is 72.4. The van der Waals surface area contributed by atoms with Gasteiger partial charge >= 0.3 is 0 Å². The molecule has 4 heterocycles. The number of aliphatic hydroxyl groups excluding tert-OH is 4. The summed E-state index contributed by atoms with van der Waals surface area (Å²) in [7, 11) is -14.7. The molecule has 0 amide bonds. The molecule has 8 rings (SSSR count). The summed E-state index contributed by atoms with van der Waals surface area (Å²) in [6, 6.07) is 25.4. The number of sulfonamides is 4. The van der Waals surface area contributed by atoms with E-state index in [1.165, 1.54) is 248 Å². The molecule has 0 aromatic heterocycles. The van der Waals surface area contributed by atoms with Crippen molar-refractivity contribution >= 4 is 40.1 Å². The van der Waals surface area contributed by atoms with Crippen LogP contribution in [-0.4, -0.2) is 167 Å². The number of aryl methyl sites for hydroxylation is 4. The molecule has 2 radical (unpaired) electrons. The predicted molar refractivity (Wildman–Crippen MR) is 469 cm³/mol. The van der Waals surface area contributed by atoms with E-state index in [1.807, 2.05) is 48.5 Å². The van der Waals surface area contributed by atoms with Crippen LogP contribution in [0.25, 0.3) is 0 Å². The fourth-order valence-corrected chi connectivity index (χ4v) is 23.3. The van der Waals surface area contributed by atoms with Crippen LogP contribution in [0.3, 0.4) is 0 Å². The number of hydrogen-bond acceptors (Lipinski definition) is 16. The van der Waals surface area contributed by atoms with E-state index in [9.17, 15) is 74.5 Å². The van der Waals surface area contributed by atoms with Gasteiger partial charge in [0.2, 0.25) is 40.1 Å². The average Bonchev–Trinajstić information content (AvgIpc) is 1.57. The van der Waals surface area contributed by atoms with E-state index < -0.39 is 89.4 Å². The first kappa shape index (κ1) is 110. The van der Waals surface area contributed by atoms with E-state index in [0.717, 1.165) is 73.6 Å². The van der Waals surface area contributed by atoms with E-state index >= 15 is 0 Å². The molecule has 26 heteroatoms. The van der Waals surface area contributed by atoms with Crippen molar-refractivity contribution in [3.63, 3.8) is 0 Å². The topological polar surface area (TPSA) is 311 Å². The molecule has 4 fully saturated rings. The molecule has 0 aliphatic carbocycles. The van der Waals surface area contributed by atoms with Gasteiger partial charge in [0.25, 0.3) is 0 Å². The molecular formula is C92H156N4O16Rh2S4. The predicted octanol–water partition coefficient (Wildman–Crippen LogP) is 18.5. The average molecular weight is 1910 g/mol. The van der Waals surface area contributed by atoms with Crippen molar-refractivity contribution in [2.75, 3.05) is 26.2 Å². The van der Waals surface area contributed by atoms with Gasteiger partial charge in [-0.1, -0.05) is 307 Å². The Morgan fingerprint density at radius 2 is 0.373 bits per heavy atom. The first-order valence-electron chi connectivity index (χ1n) is 45.7. The second kappa shape index (κ2) is 62.6. The number of unbranched alkanes of at least 4 members (excludes halogenated alkanes) is 36. The summed E-state index contributed by atoms with van der Waals surface area (Å²) in [5, 5.41) is 75.6. The zero-order valence-corrected chi connectivity index (χ0v) is 78.9. The fraction of sp³-hybridized carbons (Fsp3) is 0.739. The third-order valence-electron chi connectivity index (χ3n) is 23.8. The third kappa shape index (κ3) is 40.0. The van der Waals surface area contributed by atoms with E-state index in [2.05, 4.69) is 27.7 Å². The van der Waals surface area contributed by atoms with Crippen molar-refractivity contribution in [1.82, 2.24) is 17.2 Å². The molecule has 4 aliphatic heterocycles. The summed E-state index contributed by atoms with van der Waals surface area (Å²) >= 11 is 0. The van der Waals surface area contributed by atoms with Gasteiger partial charge in [0.05, 0.1) is 43.7 Å². The molecule has 4 aromatic carbocycles. The van der Waals surface area contributed by atoms with Crippen LogP contribution in [0.5, 0.6) is 0 Å². The maximum Gasteiger partial charge on any atom is 0.243 e. The van der Waals surface area contributed by atoms with Gasteiger partial charge in [0.15, 0.2) is 25.2 Å². The van der Waals surface area contributed by atoms with Crippen LogP contribution in [0.4, 0.5) is 0 Å². The van der Waals surface area contributed by atoms with Crippen molar-refractivity contribution in [1.29, 1.82) is 0 Å².